The Balaban J connectivity index is 0.000000252. The van der Waals surface area contributed by atoms with Crippen LogP contribution < -0.4 is 0 Å². The monoisotopic (exact) mass is 215 g/mol. The van der Waals surface area contributed by atoms with Crippen LogP contribution in [0.25, 0.3) is 0 Å². The highest BCUT2D eigenvalue weighted by molar-refractivity contribution is 7.54. The van der Waals surface area contributed by atoms with Crippen molar-refractivity contribution in [1.29, 1.82) is 0 Å². The lowest BCUT2D eigenvalue weighted by atomic mass is 10.6. The minimum atomic E-state index is -6.39. The summed E-state index contributed by atoms with van der Waals surface area (Å²) in [5.41, 5.74) is 0. The normalized spacial score (nSPS) is 10.2. The third-order valence-corrected chi connectivity index (χ3v) is 0.899. The maximum absolute atomic E-state index is 9.80. The van der Waals surface area contributed by atoms with Gasteiger partial charge in [-0.1, -0.05) is 6.08 Å². The molecule has 13 heavy (non-hydrogen) atoms. The topological polar surface area (TPSA) is 17.8 Å². The van der Waals surface area contributed by atoms with Gasteiger partial charge in [0.1, 0.15) is 0 Å². The van der Waals surface area contributed by atoms with Crippen LogP contribution in [-0.2, 0) is 6.54 Å². The Morgan fingerprint density at radius 1 is 1.38 bits per heavy atom. The second-order valence-corrected chi connectivity index (χ2v) is 2.70. The summed E-state index contributed by atoms with van der Waals surface area (Å²) >= 11 is 0. The van der Waals surface area contributed by atoms with E-state index < -0.39 is 8.51 Å². The van der Waals surface area contributed by atoms with E-state index in [1.807, 2.05) is 16.8 Å². The standard InChI is InChI=1S/C6H8N2.F4P/c1-2-4-8-5-3-7-6-8;1-5(2,3)4/h2-3,5-6H,1,4H2;/q;+1. The van der Waals surface area contributed by atoms with Crippen molar-refractivity contribution in [2.75, 3.05) is 0 Å². The molecule has 74 valence electrons. The van der Waals surface area contributed by atoms with Crippen molar-refractivity contribution in [3.05, 3.63) is 31.4 Å². The van der Waals surface area contributed by atoms with Gasteiger partial charge in [-0.25, -0.2) is 4.98 Å². The van der Waals surface area contributed by atoms with E-state index in [4.69, 9.17) is 0 Å². The van der Waals surface area contributed by atoms with Crippen LogP contribution in [0.1, 0.15) is 0 Å². The minimum Gasteiger partial charge on any atom is -0.334 e. The molecule has 1 heterocycles. The SMILES string of the molecule is C=CCn1ccnc1.F[P+](F)(F)F. The molecular formula is C6H8F4N2P+. The smallest absolute Gasteiger partial charge is 0.334 e. The summed E-state index contributed by atoms with van der Waals surface area (Å²) < 4.78 is 41.1. The maximum atomic E-state index is 9.80. The molecule has 0 saturated carbocycles. The zero-order valence-electron chi connectivity index (χ0n) is 6.58. The first kappa shape index (κ1) is 12.1. The molecule has 2 nitrogen and oxygen atoms in total. The van der Waals surface area contributed by atoms with E-state index in [0.717, 1.165) is 6.54 Å². The molecule has 0 amide bonds. The van der Waals surface area contributed by atoms with Crippen molar-refractivity contribution >= 4 is 8.51 Å². The summed E-state index contributed by atoms with van der Waals surface area (Å²) in [5.74, 6) is 0. The lowest BCUT2D eigenvalue weighted by Gasteiger charge is -1.89. The molecule has 1 aromatic rings. The summed E-state index contributed by atoms with van der Waals surface area (Å²) in [5, 5.41) is 0. The van der Waals surface area contributed by atoms with Crippen LogP contribution >= 0.6 is 8.51 Å². The summed E-state index contributed by atoms with van der Waals surface area (Å²) in [6.07, 6.45) is 7.26. The Bertz CT molecular complexity index is 225. The zero-order valence-corrected chi connectivity index (χ0v) is 7.47. The number of imidazole rings is 1. The Morgan fingerprint density at radius 3 is 2.23 bits per heavy atom. The molecule has 0 spiro atoms. The summed E-state index contributed by atoms with van der Waals surface area (Å²) in [6.45, 7) is 4.43. The molecule has 0 radical (unpaired) electrons. The van der Waals surface area contributed by atoms with E-state index in [2.05, 4.69) is 11.6 Å². The van der Waals surface area contributed by atoms with Crippen molar-refractivity contribution in [3.8, 4) is 0 Å². The number of halogens is 4. The number of aromatic nitrogens is 2. The molecule has 0 aromatic carbocycles. The molecular weight excluding hydrogens is 207 g/mol. The van der Waals surface area contributed by atoms with Gasteiger partial charge in [0.25, 0.3) is 0 Å². The van der Waals surface area contributed by atoms with Crippen molar-refractivity contribution in [1.82, 2.24) is 9.55 Å². The van der Waals surface area contributed by atoms with E-state index in [-0.39, 0.29) is 0 Å². The van der Waals surface area contributed by atoms with Crippen LogP contribution in [0, 0.1) is 0 Å². The third kappa shape index (κ3) is 11.1. The predicted octanol–water partition coefficient (Wildman–Crippen LogP) is 3.61. The fourth-order valence-electron chi connectivity index (χ4n) is 0.544. The number of nitrogens with zero attached hydrogens (tertiary/aromatic N) is 2. The molecule has 0 aliphatic heterocycles. The van der Waals surface area contributed by atoms with Gasteiger partial charge in [-0.05, 0) is 0 Å². The van der Waals surface area contributed by atoms with Crippen LogP contribution in [0.4, 0.5) is 16.8 Å². The molecule has 7 heteroatoms. The van der Waals surface area contributed by atoms with Gasteiger partial charge in [0.05, 0.1) is 23.1 Å². The quantitative estimate of drug-likeness (QED) is 0.418. The number of rotatable bonds is 2. The highest BCUT2D eigenvalue weighted by atomic mass is 31.3. The highest BCUT2D eigenvalue weighted by Crippen LogP contribution is 2.65. The second-order valence-electron chi connectivity index (χ2n) is 1.93. The first-order valence-electron chi connectivity index (χ1n) is 3.17. The molecule has 0 fully saturated rings. The van der Waals surface area contributed by atoms with Crippen LogP contribution in [-0.4, -0.2) is 9.55 Å². The lowest BCUT2D eigenvalue weighted by molar-refractivity contribution is 0.489. The molecule has 1 aromatic heterocycles. The Labute approximate surface area is 73.7 Å². The van der Waals surface area contributed by atoms with Crippen molar-refractivity contribution in [3.63, 3.8) is 0 Å². The van der Waals surface area contributed by atoms with Crippen molar-refractivity contribution in [2.45, 2.75) is 6.54 Å². The Kier molecular flexibility index (Phi) is 5.30. The first-order valence-corrected chi connectivity index (χ1v) is 4.53. The predicted molar refractivity (Wildman–Crippen MR) is 43.8 cm³/mol. The highest BCUT2D eigenvalue weighted by Gasteiger charge is 2.44. The van der Waals surface area contributed by atoms with Gasteiger partial charge in [-0.15, -0.1) is 6.58 Å². The van der Waals surface area contributed by atoms with Gasteiger partial charge in [-0.2, -0.15) is 0 Å². The van der Waals surface area contributed by atoms with Crippen molar-refractivity contribution in [2.24, 2.45) is 0 Å². The van der Waals surface area contributed by atoms with E-state index in [1.54, 1.807) is 12.5 Å². The van der Waals surface area contributed by atoms with Gasteiger partial charge in [0, 0.05) is 18.9 Å². The fraction of sp³-hybridized carbons (Fsp3) is 0.167. The van der Waals surface area contributed by atoms with Crippen LogP contribution in [0.15, 0.2) is 31.4 Å². The second kappa shape index (κ2) is 5.70. The molecule has 0 N–H and O–H groups in total. The minimum absolute atomic E-state index is 0.847. The third-order valence-electron chi connectivity index (χ3n) is 0.899. The lowest BCUT2D eigenvalue weighted by Crippen LogP contribution is -1.87. The van der Waals surface area contributed by atoms with E-state index in [1.165, 1.54) is 0 Å². The van der Waals surface area contributed by atoms with E-state index in [0.29, 0.717) is 0 Å². The van der Waals surface area contributed by atoms with Crippen molar-refractivity contribution < 1.29 is 16.8 Å². The average molecular weight is 215 g/mol. The van der Waals surface area contributed by atoms with Gasteiger partial charge in [0.2, 0.25) is 0 Å². The molecule has 1 rings (SSSR count). The van der Waals surface area contributed by atoms with Gasteiger partial charge in [-0.3, -0.25) is 0 Å². The summed E-state index contributed by atoms with van der Waals surface area (Å²) in [6, 6.07) is 0. The van der Waals surface area contributed by atoms with E-state index >= 15 is 0 Å². The molecule has 0 saturated heterocycles. The van der Waals surface area contributed by atoms with Gasteiger partial charge < -0.3 is 4.57 Å². The van der Waals surface area contributed by atoms with Gasteiger partial charge >= 0.3 is 8.51 Å². The average Bonchev–Trinajstić information content (AvgIpc) is 2.36. The molecule has 0 aliphatic carbocycles. The fourth-order valence-corrected chi connectivity index (χ4v) is 0.544. The van der Waals surface area contributed by atoms with E-state index in [9.17, 15) is 16.8 Å². The molecule has 0 bridgehead atoms. The van der Waals surface area contributed by atoms with Gasteiger partial charge in [0.15, 0.2) is 0 Å². The summed E-state index contributed by atoms with van der Waals surface area (Å²) in [4.78, 5) is 3.86. The number of allylic oxidation sites excluding steroid dienone is 1. The largest absolute Gasteiger partial charge is 0.755 e. The zero-order chi connectivity index (χ0) is 10.3. The maximum Gasteiger partial charge on any atom is 0.755 e. The van der Waals surface area contributed by atoms with Crippen LogP contribution in [0.5, 0.6) is 0 Å². The van der Waals surface area contributed by atoms with Crippen LogP contribution in [0.3, 0.4) is 0 Å². The number of hydrogen-bond donors (Lipinski definition) is 0. The molecule has 0 unspecified atom stereocenters. The first-order chi connectivity index (χ1) is 5.93. The van der Waals surface area contributed by atoms with Crippen LogP contribution in [0.2, 0.25) is 0 Å². The molecule has 0 aliphatic rings. The Hall–Kier alpha value is -0.900. The Morgan fingerprint density at radius 2 is 1.92 bits per heavy atom. The summed E-state index contributed by atoms with van der Waals surface area (Å²) in [7, 11) is -6.39. The molecule has 0 atom stereocenters. The number of hydrogen-bond acceptors (Lipinski definition) is 1.